The minimum Gasteiger partial charge on any atom is -0.393 e. The minimum atomic E-state index is -0.196. The summed E-state index contributed by atoms with van der Waals surface area (Å²) in [6.07, 6.45) is 1.43. The second kappa shape index (κ2) is 4.70. The van der Waals surface area contributed by atoms with E-state index in [1.54, 1.807) is 6.92 Å². The topological polar surface area (TPSA) is 63.4 Å². The lowest BCUT2D eigenvalue weighted by atomic mass is 10.1. The summed E-state index contributed by atoms with van der Waals surface area (Å²) >= 11 is 4.81. The Hall–Kier alpha value is -0.970. The number of rotatable bonds is 4. The summed E-state index contributed by atoms with van der Waals surface area (Å²) in [5.41, 5.74) is 5.44. The fourth-order valence-electron chi connectivity index (χ4n) is 1.84. The molecule has 0 aromatic heterocycles. The zero-order chi connectivity index (χ0) is 11.6. The van der Waals surface area contributed by atoms with Gasteiger partial charge in [0.2, 0.25) is 11.8 Å². The van der Waals surface area contributed by atoms with Crippen molar-refractivity contribution in [1.29, 1.82) is 0 Å². The molecule has 0 spiro atoms. The average molecular weight is 228 g/mol. The Morgan fingerprint density at radius 1 is 1.67 bits per heavy atom. The van der Waals surface area contributed by atoms with Crippen LogP contribution in [-0.4, -0.2) is 27.7 Å². The predicted molar refractivity (Wildman–Crippen MR) is 61.1 cm³/mol. The van der Waals surface area contributed by atoms with Gasteiger partial charge >= 0.3 is 0 Å². The van der Waals surface area contributed by atoms with E-state index in [-0.39, 0.29) is 23.8 Å². The van der Waals surface area contributed by atoms with Gasteiger partial charge in [0, 0.05) is 24.8 Å². The van der Waals surface area contributed by atoms with Gasteiger partial charge in [-0.15, -0.1) is 0 Å². The van der Waals surface area contributed by atoms with Gasteiger partial charge in [0.05, 0.1) is 4.99 Å². The summed E-state index contributed by atoms with van der Waals surface area (Å²) in [5.74, 6) is -0.392. The Morgan fingerprint density at radius 3 is 2.60 bits per heavy atom. The first kappa shape index (κ1) is 12.1. The number of carbonyl (C=O) groups excluding carboxylic acids is 2. The lowest BCUT2D eigenvalue weighted by Gasteiger charge is -2.24. The molecular formula is C10H16N2O2S. The van der Waals surface area contributed by atoms with E-state index in [0.29, 0.717) is 24.3 Å². The molecule has 1 saturated heterocycles. The number of nitrogens with zero attached hydrogens (tertiary/aromatic N) is 1. The van der Waals surface area contributed by atoms with E-state index in [4.69, 9.17) is 18.0 Å². The van der Waals surface area contributed by atoms with Gasteiger partial charge in [-0.2, -0.15) is 0 Å². The summed E-state index contributed by atoms with van der Waals surface area (Å²) in [5, 5.41) is 0. The predicted octanol–water partition coefficient (Wildman–Crippen LogP) is 0.836. The van der Waals surface area contributed by atoms with E-state index in [2.05, 4.69) is 0 Å². The van der Waals surface area contributed by atoms with E-state index in [0.717, 1.165) is 0 Å². The Balaban J connectivity index is 2.79. The van der Waals surface area contributed by atoms with Gasteiger partial charge in [-0.05, 0) is 6.42 Å². The third kappa shape index (κ3) is 2.53. The Bertz CT molecular complexity index is 304. The number of hydrogen-bond acceptors (Lipinski definition) is 3. The van der Waals surface area contributed by atoms with Crippen molar-refractivity contribution in [2.45, 2.75) is 39.2 Å². The molecule has 0 saturated carbocycles. The zero-order valence-electron chi connectivity index (χ0n) is 9.03. The first-order valence-corrected chi connectivity index (χ1v) is 5.52. The van der Waals surface area contributed by atoms with Crippen LogP contribution in [-0.2, 0) is 9.59 Å². The van der Waals surface area contributed by atoms with Crippen LogP contribution in [0, 0.1) is 5.92 Å². The highest BCUT2D eigenvalue weighted by Crippen LogP contribution is 2.23. The molecule has 84 valence electrons. The molecule has 2 N–H and O–H groups in total. The average Bonchev–Trinajstić information content (AvgIpc) is 2.38. The van der Waals surface area contributed by atoms with Gasteiger partial charge in [-0.3, -0.25) is 14.5 Å². The molecule has 5 heteroatoms. The van der Waals surface area contributed by atoms with E-state index in [1.807, 2.05) is 6.92 Å². The van der Waals surface area contributed by atoms with Crippen LogP contribution in [0.4, 0.5) is 0 Å². The van der Waals surface area contributed by atoms with Gasteiger partial charge in [0.1, 0.15) is 0 Å². The van der Waals surface area contributed by atoms with Crippen LogP contribution >= 0.6 is 12.2 Å². The van der Waals surface area contributed by atoms with Crippen LogP contribution in [0.1, 0.15) is 33.1 Å². The van der Waals surface area contributed by atoms with E-state index in [9.17, 15) is 9.59 Å². The first-order chi connectivity index (χ1) is 6.97. The van der Waals surface area contributed by atoms with Crippen LogP contribution in [0.15, 0.2) is 0 Å². The lowest BCUT2D eigenvalue weighted by molar-refractivity contribution is -0.141. The molecule has 1 aliphatic heterocycles. The minimum absolute atomic E-state index is 0.0944. The molecule has 2 atom stereocenters. The molecule has 0 radical (unpaired) electrons. The lowest BCUT2D eigenvalue weighted by Crippen LogP contribution is -2.41. The van der Waals surface area contributed by atoms with Crippen LogP contribution < -0.4 is 5.73 Å². The summed E-state index contributed by atoms with van der Waals surface area (Å²) in [7, 11) is 0. The van der Waals surface area contributed by atoms with Crippen LogP contribution in [0.2, 0.25) is 0 Å². The SMILES string of the molecule is CCC(CC(N)=S)N1C(=O)CC(C)C1=O. The smallest absolute Gasteiger partial charge is 0.232 e. The number of thiocarbonyl (C=S) groups is 1. The van der Waals surface area contributed by atoms with Crippen molar-refractivity contribution in [3.05, 3.63) is 0 Å². The molecule has 1 heterocycles. The van der Waals surface area contributed by atoms with Gasteiger partial charge in [-0.1, -0.05) is 26.1 Å². The monoisotopic (exact) mass is 228 g/mol. The molecule has 0 aliphatic carbocycles. The zero-order valence-corrected chi connectivity index (χ0v) is 9.84. The quantitative estimate of drug-likeness (QED) is 0.572. The highest BCUT2D eigenvalue weighted by molar-refractivity contribution is 7.80. The van der Waals surface area contributed by atoms with Crippen molar-refractivity contribution in [1.82, 2.24) is 4.90 Å². The van der Waals surface area contributed by atoms with Crippen molar-refractivity contribution in [2.75, 3.05) is 0 Å². The standard InChI is InChI=1S/C10H16N2O2S/c1-3-7(5-8(11)15)12-9(13)4-6(2)10(12)14/h6-7H,3-5H2,1-2H3,(H2,11,15). The summed E-state index contributed by atoms with van der Waals surface area (Å²) < 4.78 is 0. The highest BCUT2D eigenvalue weighted by atomic mass is 32.1. The molecule has 0 bridgehead atoms. The molecule has 0 aromatic rings. The molecule has 2 unspecified atom stereocenters. The summed E-state index contributed by atoms with van der Waals surface area (Å²) in [6, 6.07) is -0.160. The second-order valence-electron chi connectivity index (χ2n) is 3.94. The van der Waals surface area contributed by atoms with E-state index >= 15 is 0 Å². The Morgan fingerprint density at radius 2 is 2.27 bits per heavy atom. The molecule has 1 aliphatic rings. The normalized spacial score (nSPS) is 23.3. The number of carbonyl (C=O) groups is 2. The van der Waals surface area contributed by atoms with E-state index < -0.39 is 0 Å². The molecule has 4 nitrogen and oxygen atoms in total. The number of imide groups is 1. The van der Waals surface area contributed by atoms with Crippen LogP contribution in [0.3, 0.4) is 0 Å². The molecule has 15 heavy (non-hydrogen) atoms. The number of amides is 2. The maximum Gasteiger partial charge on any atom is 0.232 e. The maximum atomic E-state index is 11.7. The van der Waals surface area contributed by atoms with Crippen molar-refractivity contribution in [3.63, 3.8) is 0 Å². The van der Waals surface area contributed by atoms with Crippen molar-refractivity contribution >= 4 is 29.0 Å². The van der Waals surface area contributed by atoms with E-state index in [1.165, 1.54) is 4.90 Å². The highest BCUT2D eigenvalue weighted by Gasteiger charge is 2.39. The molecule has 1 fully saturated rings. The maximum absolute atomic E-state index is 11.7. The van der Waals surface area contributed by atoms with Gasteiger partial charge in [0.25, 0.3) is 0 Å². The largest absolute Gasteiger partial charge is 0.393 e. The van der Waals surface area contributed by atoms with Gasteiger partial charge in [0.15, 0.2) is 0 Å². The number of hydrogen-bond donors (Lipinski definition) is 1. The second-order valence-corrected chi connectivity index (χ2v) is 4.46. The summed E-state index contributed by atoms with van der Waals surface area (Å²) in [6.45, 7) is 3.69. The van der Waals surface area contributed by atoms with Crippen molar-refractivity contribution in [3.8, 4) is 0 Å². The fourth-order valence-corrected chi connectivity index (χ4v) is 2.03. The Kier molecular flexibility index (Phi) is 3.79. The molecule has 1 rings (SSSR count). The van der Waals surface area contributed by atoms with Gasteiger partial charge in [-0.25, -0.2) is 0 Å². The van der Waals surface area contributed by atoms with Gasteiger partial charge < -0.3 is 5.73 Å². The van der Waals surface area contributed by atoms with Crippen molar-refractivity contribution in [2.24, 2.45) is 11.7 Å². The first-order valence-electron chi connectivity index (χ1n) is 5.11. The Labute approximate surface area is 94.8 Å². The molecule has 2 amide bonds. The fraction of sp³-hybridized carbons (Fsp3) is 0.700. The number of nitrogens with two attached hydrogens (primary N) is 1. The third-order valence-electron chi connectivity index (χ3n) is 2.68. The van der Waals surface area contributed by atoms with Crippen LogP contribution in [0.5, 0.6) is 0 Å². The van der Waals surface area contributed by atoms with Crippen molar-refractivity contribution < 1.29 is 9.59 Å². The third-order valence-corrected chi connectivity index (χ3v) is 2.85. The summed E-state index contributed by atoms with van der Waals surface area (Å²) in [4.78, 5) is 25.0. The number of likely N-dealkylation sites (tertiary alicyclic amines) is 1. The van der Waals surface area contributed by atoms with Crippen LogP contribution in [0.25, 0.3) is 0 Å². The molecule has 0 aromatic carbocycles. The molecular weight excluding hydrogens is 212 g/mol.